The van der Waals surface area contributed by atoms with Crippen molar-refractivity contribution in [3.8, 4) is 5.75 Å². The van der Waals surface area contributed by atoms with Crippen molar-refractivity contribution in [3.05, 3.63) is 60.2 Å². The van der Waals surface area contributed by atoms with Gasteiger partial charge in [0.15, 0.2) is 5.11 Å². The molecule has 2 aromatic carbocycles. The van der Waals surface area contributed by atoms with Crippen LogP contribution in [0, 0.1) is 0 Å². The van der Waals surface area contributed by atoms with Gasteiger partial charge in [0, 0.05) is 31.4 Å². The molecule has 0 amide bonds. The quantitative estimate of drug-likeness (QED) is 0.864. The van der Waals surface area contributed by atoms with Crippen LogP contribution in [-0.2, 0) is 0 Å². The summed E-state index contributed by atoms with van der Waals surface area (Å²) in [6.07, 6.45) is 0. The molecule has 1 fully saturated rings. The highest BCUT2D eigenvalue weighted by Crippen LogP contribution is 2.26. The highest BCUT2D eigenvalue weighted by atomic mass is 32.1. The minimum absolute atomic E-state index is 0.260. The Bertz CT molecular complexity index is 692. The molecule has 0 aliphatic carbocycles. The third-order valence-corrected chi connectivity index (χ3v) is 4.69. The van der Waals surface area contributed by atoms with Crippen LogP contribution in [0.1, 0.15) is 11.6 Å². The summed E-state index contributed by atoms with van der Waals surface area (Å²) in [4.78, 5) is 4.63. The van der Waals surface area contributed by atoms with Gasteiger partial charge in [-0.2, -0.15) is 0 Å². The Morgan fingerprint density at radius 3 is 2.67 bits per heavy atom. The van der Waals surface area contributed by atoms with Crippen molar-refractivity contribution < 1.29 is 4.74 Å². The third-order valence-electron chi connectivity index (χ3n) is 4.35. The molecular formula is C19H23N3OS. The lowest BCUT2D eigenvalue weighted by Crippen LogP contribution is -2.50. The molecule has 0 unspecified atom stereocenters. The second-order valence-electron chi connectivity index (χ2n) is 6.04. The molecule has 1 saturated heterocycles. The maximum atomic E-state index is 5.71. The zero-order valence-electron chi connectivity index (χ0n) is 14.1. The number of ether oxygens (including phenoxy) is 1. The van der Waals surface area contributed by atoms with E-state index in [4.69, 9.17) is 17.0 Å². The molecule has 2 aromatic rings. The summed E-state index contributed by atoms with van der Waals surface area (Å²) in [5.41, 5.74) is 2.24. The molecule has 1 heterocycles. The van der Waals surface area contributed by atoms with Crippen LogP contribution in [0.4, 0.5) is 5.69 Å². The van der Waals surface area contributed by atoms with Crippen LogP contribution >= 0.6 is 12.2 Å². The Balaban J connectivity index is 1.78. The lowest BCUT2D eigenvalue weighted by atomic mass is 10.0. The molecule has 0 bridgehead atoms. The summed E-state index contributed by atoms with van der Waals surface area (Å²) < 4.78 is 5.28. The summed E-state index contributed by atoms with van der Waals surface area (Å²) in [5.74, 6) is 0.820. The van der Waals surface area contributed by atoms with Crippen molar-refractivity contribution >= 4 is 23.0 Å². The first kappa shape index (κ1) is 16.7. The maximum Gasteiger partial charge on any atom is 0.174 e. The SMILES string of the molecule is COc1cccc(NC(=S)N2CCN(C)C[C@H]2c2ccccc2)c1. The highest BCUT2D eigenvalue weighted by molar-refractivity contribution is 7.80. The van der Waals surface area contributed by atoms with Gasteiger partial charge in [-0.05, 0) is 37.0 Å². The largest absolute Gasteiger partial charge is 0.497 e. The number of anilines is 1. The summed E-state index contributed by atoms with van der Waals surface area (Å²) >= 11 is 5.71. The predicted molar refractivity (Wildman–Crippen MR) is 103 cm³/mol. The van der Waals surface area contributed by atoms with Crippen molar-refractivity contribution in [2.24, 2.45) is 0 Å². The van der Waals surface area contributed by atoms with Gasteiger partial charge in [-0.15, -0.1) is 0 Å². The van der Waals surface area contributed by atoms with Gasteiger partial charge in [-0.3, -0.25) is 0 Å². The van der Waals surface area contributed by atoms with Crippen LogP contribution in [0.25, 0.3) is 0 Å². The molecule has 0 radical (unpaired) electrons. The fourth-order valence-electron chi connectivity index (χ4n) is 3.02. The zero-order chi connectivity index (χ0) is 16.9. The Hall–Kier alpha value is -2.11. The highest BCUT2D eigenvalue weighted by Gasteiger charge is 2.28. The molecule has 4 nitrogen and oxygen atoms in total. The van der Waals surface area contributed by atoms with Gasteiger partial charge in [0.2, 0.25) is 0 Å². The fraction of sp³-hybridized carbons (Fsp3) is 0.316. The van der Waals surface area contributed by atoms with Gasteiger partial charge in [0.1, 0.15) is 5.75 Å². The summed E-state index contributed by atoms with van der Waals surface area (Å²) in [6.45, 7) is 2.87. The average molecular weight is 341 g/mol. The average Bonchev–Trinajstić information content (AvgIpc) is 2.62. The van der Waals surface area contributed by atoms with Crippen molar-refractivity contribution in [2.45, 2.75) is 6.04 Å². The van der Waals surface area contributed by atoms with E-state index in [1.54, 1.807) is 7.11 Å². The van der Waals surface area contributed by atoms with E-state index >= 15 is 0 Å². The van der Waals surface area contributed by atoms with Crippen LogP contribution in [0.15, 0.2) is 54.6 Å². The normalized spacial score (nSPS) is 18.2. The monoisotopic (exact) mass is 341 g/mol. The van der Waals surface area contributed by atoms with Crippen molar-refractivity contribution in [3.63, 3.8) is 0 Å². The molecule has 1 N–H and O–H groups in total. The first-order valence-corrected chi connectivity index (χ1v) is 8.53. The zero-order valence-corrected chi connectivity index (χ0v) is 14.9. The van der Waals surface area contributed by atoms with Crippen LogP contribution < -0.4 is 10.1 Å². The molecule has 126 valence electrons. The minimum atomic E-state index is 0.260. The molecular weight excluding hydrogens is 318 g/mol. The second-order valence-corrected chi connectivity index (χ2v) is 6.43. The van der Waals surface area contributed by atoms with Crippen LogP contribution in [0.3, 0.4) is 0 Å². The number of hydrogen-bond acceptors (Lipinski definition) is 3. The van der Waals surface area contributed by atoms with Gasteiger partial charge >= 0.3 is 0 Å². The van der Waals surface area contributed by atoms with Gasteiger partial charge in [0.25, 0.3) is 0 Å². The van der Waals surface area contributed by atoms with E-state index < -0.39 is 0 Å². The van der Waals surface area contributed by atoms with Crippen LogP contribution in [-0.4, -0.2) is 48.7 Å². The number of nitrogens with zero attached hydrogens (tertiary/aromatic N) is 2. The van der Waals surface area contributed by atoms with Crippen molar-refractivity contribution in [2.75, 3.05) is 39.1 Å². The number of hydrogen-bond donors (Lipinski definition) is 1. The molecule has 3 rings (SSSR count). The number of nitrogens with one attached hydrogen (secondary N) is 1. The first-order valence-electron chi connectivity index (χ1n) is 8.12. The van der Waals surface area contributed by atoms with E-state index in [2.05, 4.69) is 46.4 Å². The van der Waals surface area contributed by atoms with E-state index in [1.165, 1.54) is 5.56 Å². The Morgan fingerprint density at radius 2 is 1.92 bits per heavy atom. The topological polar surface area (TPSA) is 27.7 Å². The lowest BCUT2D eigenvalue weighted by molar-refractivity contribution is 0.153. The van der Waals surface area contributed by atoms with E-state index in [-0.39, 0.29) is 6.04 Å². The number of likely N-dealkylation sites (N-methyl/N-ethyl adjacent to an activating group) is 1. The van der Waals surface area contributed by atoms with Crippen LogP contribution in [0.5, 0.6) is 5.75 Å². The molecule has 1 atom stereocenters. The number of rotatable bonds is 3. The van der Waals surface area contributed by atoms with E-state index in [1.807, 2.05) is 30.3 Å². The standard InChI is InChI=1S/C19H23N3OS/c1-21-11-12-22(18(14-21)15-7-4-3-5-8-15)19(24)20-16-9-6-10-17(13-16)23-2/h3-10,13,18H,11-12,14H2,1-2H3,(H,20,24)/t18-/m0/s1. The molecule has 24 heavy (non-hydrogen) atoms. The van der Waals surface area contributed by atoms with Crippen molar-refractivity contribution in [1.82, 2.24) is 9.80 Å². The van der Waals surface area contributed by atoms with Gasteiger partial charge in [-0.1, -0.05) is 36.4 Å². The number of piperazine rings is 1. The van der Waals surface area contributed by atoms with E-state index in [0.717, 1.165) is 36.2 Å². The Kier molecular flexibility index (Phi) is 5.33. The smallest absolute Gasteiger partial charge is 0.174 e. The fourth-order valence-corrected chi connectivity index (χ4v) is 3.36. The molecule has 1 aliphatic heterocycles. The molecule has 5 heteroatoms. The third kappa shape index (κ3) is 3.86. The molecule has 0 aromatic heterocycles. The molecule has 0 saturated carbocycles. The molecule has 1 aliphatic rings. The summed E-state index contributed by atoms with van der Waals surface area (Å²) in [7, 11) is 3.83. The van der Waals surface area contributed by atoms with Crippen molar-refractivity contribution in [1.29, 1.82) is 0 Å². The maximum absolute atomic E-state index is 5.71. The number of methoxy groups -OCH3 is 1. The Labute approximate surface area is 149 Å². The minimum Gasteiger partial charge on any atom is -0.497 e. The van der Waals surface area contributed by atoms with Gasteiger partial charge < -0.3 is 19.9 Å². The second kappa shape index (κ2) is 7.64. The Morgan fingerprint density at radius 1 is 1.12 bits per heavy atom. The number of thiocarbonyl (C=S) groups is 1. The van der Waals surface area contributed by atoms with E-state index in [0.29, 0.717) is 0 Å². The first-order chi connectivity index (χ1) is 11.7. The predicted octanol–water partition coefficient (Wildman–Crippen LogP) is 3.38. The molecule has 0 spiro atoms. The van der Waals surface area contributed by atoms with E-state index in [9.17, 15) is 0 Å². The van der Waals surface area contributed by atoms with Crippen LogP contribution in [0.2, 0.25) is 0 Å². The number of benzene rings is 2. The summed E-state index contributed by atoms with van der Waals surface area (Å²) in [5, 5.41) is 4.11. The lowest BCUT2D eigenvalue weighted by Gasteiger charge is -2.41. The van der Waals surface area contributed by atoms with Gasteiger partial charge in [-0.25, -0.2) is 0 Å². The summed E-state index contributed by atoms with van der Waals surface area (Å²) in [6, 6.07) is 18.7. The van der Waals surface area contributed by atoms with Gasteiger partial charge in [0.05, 0.1) is 13.2 Å².